The monoisotopic (exact) mass is 350 g/mol. The molecule has 4 rings (SSSR count). The molecule has 0 unspecified atom stereocenters. The summed E-state index contributed by atoms with van der Waals surface area (Å²) in [5, 5.41) is 1.63. The van der Waals surface area contributed by atoms with Crippen LogP contribution < -0.4 is 0 Å². The van der Waals surface area contributed by atoms with Gasteiger partial charge in [-0.25, -0.2) is 0 Å². The van der Waals surface area contributed by atoms with E-state index in [9.17, 15) is 0 Å². The first-order valence-electron chi connectivity index (χ1n) is 6.37. The van der Waals surface area contributed by atoms with Gasteiger partial charge >= 0.3 is 0 Å². The van der Waals surface area contributed by atoms with Crippen LogP contribution in [0.4, 0.5) is 0 Å². The van der Waals surface area contributed by atoms with Crippen molar-refractivity contribution in [2.75, 3.05) is 0 Å². The molecular formula is C15H8Cl2N2O2S. The van der Waals surface area contributed by atoms with Gasteiger partial charge < -0.3 is 8.37 Å². The van der Waals surface area contributed by atoms with Crippen molar-refractivity contribution in [3.05, 3.63) is 69.7 Å². The third-order valence-corrected chi connectivity index (χ3v) is 4.82. The molecule has 2 aliphatic rings. The highest BCUT2D eigenvalue weighted by Gasteiger charge is 2.31. The minimum atomic E-state index is -0.954. The molecule has 2 aromatic rings. The van der Waals surface area contributed by atoms with E-state index >= 15 is 0 Å². The average molecular weight is 351 g/mol. The molecule has 22 heavy (non-hydrogen) atoms. The summed E-state index contributed by atoms with van der Waals surface area (Å²) in [4.78, 5) is 8.74. The Morgan fingerprint density at radius 1 is 0.727 bits per heavy atom. The lowest BCUT2D eigenvalue weighted by Crippen LogP contribution is -2.06. The van der Waals surface area contributed by atoms with Crippen LogP contribution in [0, 0.1) is 0 Å². The minimum Gasteiger partial charge on any atom is -0.376 e. The van der Waals surface area contributed by atoms with Crippen molar-refractivity contribution in [3.8, 4) is 0 Å². The number of halogens is 2. The van der Waals surface area contributed by atoms with Gasteiger partial charge in [-0.1, -0.05) is 47.5 Å². The zero-order valence-corrected chi connectivity index (χ0v) is 13.3. The lowest BCUT2D eigenvalue weighted by molar-refractivity contribution is 0.539. The first-order chi connectivity index (χ1) is 10.7. The number of hydrogen-bond acceptors (Lipinski definition) is 4. The molecule has 0 saturated carbocycles. The van der Waals surface area contributed by atoms with Gasteiger partial charge in [0.2, 0.25) is 22.8 Å². The number of aliphatic imine (C=N–C) groups is 2. The number of hydrogen-bond donors (Lipinski definition) is 0. The Labute approximate surface area is 139 Å². The van der Waals surface area contributed by atoms with E-state index in [1.807, 2.05) is 36.4 Å². The lowest BCUT2D eigenvalue weighted by atomic mass is 10.2. The van der Waals surface area contributed by atoms with Gasteiger partial charge in [0.25, 0.3) is 5.11 Å². The van der Waals surface area contributed by atoms with Crippen LogP contribution in [-0.4, -0.2) is 16.9 Å². The minimum absolute atomic E-state index is 0.422. The Balaban J connectivity index is 1.66. The summed E-state index contributed by atoms with van der Waals surface area (Å²) >= 11 is 11.3. The van der Waals surface area contributed by atoms with Crippen LogP contribution in [0.1, 0.15) is 11.1 Å². The lowest BCUT2D eigenvalue weighted by Gasteiger charge is -2.08. The highest BCUT2D eigenvalue weighted by molar-refractivity contribution is 8.08. The predicted octanol–water partition coefficient (Wildman–Crippen LogP) is 4.43. The Morgan fingerprint density at radius 3 is 1.59 bits per heavy atom. The summed E-state index contributed by atoms with van der Waals surface area (Å²) in [5.74, 6) is 0.844. The largest absolute Gasteiger partial charge is 0.376 e. The highest BCUT2D eigenvalue weighted by Crippen LogP contribution is 2.36. The molecular weight excluding hydrogens is 343 g/mol. The molecule has 0 fully saturated rings. The first-order valence-corrected chi connectivity index (χ1v) is 8.20. The van der Waals surface area contributed by atoms with Crippen molar-refractivity contribution in [2.45, 2.75) is 0 Å². The molecule has 4 nitrogen and oxygen atoms in total. The second-order valence-corrected chi connectivity index (χ2v) is 6.46. The van der Waals surface area contributed by atoms with Gasteiger partial charge in [0.15, 0.2) is 0 Å². The van der Waals surface area contributed by atoms with Crippen LogP contribution in [0.3, 0.4) is 0 Å². The normalized spacial score (nSPS) is 16.7. The Hall–Kier alpha value is -1.82. The number of rotatable bonds is 2. The predicted molar refractivity (Wildman–Crippen MR) is 90.7 cm³/mol. The smallest absolute Gasteiger partial charge is 0.262 e. The molecule has 0 radical (unpaired) electrons. The van der Waals surface area contributed by atoms with Gasteiger partial charge in [-0.3, -0.25) is 0 Å². The van der Waals surface area contributed by atoms with Gasteiger partial charge in [-0.15, -0.1) is 0 Å². The maximum absolute atomic E-state index is 6.15. The van der Waals surface area contributed by atoms with Gasteiger partial charge in [0, 0.05) is 0 Å². The molecule has 7 heteroatoms. The Bertz CT molecular complexity index is 808. The zero-order chi connectivity index (χ0) is 15.1. The van der Waals surface area contributed by atoms with E-state index in [1.54, 1.807) is 12.1 Å². The van der Waals surface area contributed by atoms with Crippen molar-refractivity contribution < 1.29 is 8.37 Å². The second kappa shape index (κ2) is 5.43. The molecule has 0 saturated heterocycles. The molecule has 0 bridgehead atoms. The van der Waals surface area contributed by atoms with Crippen LogP contribution in [0.15, 0.2) is 58.5 Å². The van der Waals surface area contributed by atoms with E-state index in [1.165, 1.54) is 0 Å². The average Bonchev–Trinajstić information content (AvgIpc) is 3.06. The maximum atomic E-state index is 6.15. The SMILES string of the molecule is Clc1ccccc1C1=NC2=S(O1)OC(c1ccccc1Cl)=N2. The second-order valence-electron chi connectivity index (χ2n) is 4.48. The fourth-order valence-electron chi connectivity index (χ4n) is 2.03. The van der Waals surface area contributed by atoms with E-state index in [0.717, 1.165) is 11.1 Å². The van der Waals surface area contributed by atoms with Crippen LogP contribution in [0.25, 0.3) is 0 Å². The van der Waals surface area contributed by atoms with E-state index in [0.29, 0.717) is 27.0 Å². The van der Waals surface area contributed by atoms with Gasteiger partial charge in [-0.05, 0) is 24.3 Å². The molecule has 2 heterocycles. The molecule has 110 valence electrons. The van der Waals surface area contributed by atoms with E-state index < -0.39 is 11.0 Å². The summed E-state index contributed by atoms with van der Waals surface area (Å²) in [6, 6.07) is 14.7. The molecule has 0 N–H and O–H groups in total. The summed E-state index contributed by atoms with van der Waals surface area (Å²) in [7, 11) is 0. The van der Waals surface area contributed by atoms with Crippen molar-refractivity contribution in [1.29, 1.82) is 0 Å². The van der Waals surface area contributed by atoms with Crippen LogP contribution in [-0.2, 0) is 8.37 Å². The molecule has 0 aliphatic carbocycles. The maximum Gasteiger partial charge on any atom is 0.262 e. The number of nitrogens with zero attached hydrogens (tertiary/aromatic N) is 2. The highest BCUT2D eigenvalue weighted by atomic mass is 35.5. The molecule has 0 amide bonds. The summed E-state index contributed by atoms with van der Waals surface area (Å²) in [6.07, 6.45) is 0. The number of benzene rings is 2. The van der Waals surface area contributed by atoms with Crippen molar-refractivity contribution in [2.24, 2.45) is 9.98 Å². The molecule has 0 spiro atoms. The third-order valence-electron chi connectivity index (χ3n) is 3.06. The van der Waals surface area contributed by atoms with Crippen molar-refractivity contribution in [3.63, 3.8) is 0 Å². The molecule has 0 aromatic heterocycles. The van der Waals surface area contributed by atoms with E-state index in [2.05, 4.69) is 9.98 Å². The van der Waals surface area contributed by atoms with Crippen LogP contribution in [0.2, 0.25) is 10.0 Å². The Morgan fingerprint density at radius 2 is 1.18 bits per heavy atom. The van der Waals surface area contributed by atoms with Gasteiger partial charge in [0.1, 0.15) is 0 Å². The van der Waals surface area contributed by atoms with Crippen LogP contribution >= 0.6 is 34.2 Å². The van der Waals surface area contributed by atoms with Crippen molar-refractivity contribution in [1.82, 2.24) is 0 Å². The van der Waals surface area contributed by atoms with Gasteiger partial charge in [0.05, 0.1) is 21.2 Å². The summed E-state index contributed by atoms with van der Waals surface area (Å²) in [6.45, 7) is 0. The standard InChI is InChI=1S/C15H8Cl2N2O2S/c16-11-7-3-1-5-9(11)13-18-15-19-14(21-22(15)20-13)10-6-2-4-8-12(10)17/h1-8H. The Kier molecular flexibility index (Phi) is 3.41. The molecule has 0 atom stereocenters. The van der Waals surface area contributed by atoms with Crippen LogP contribution in [0.5, 0.6) is 0 Å². The van der Waals surface area contributed by atoms with E-state index in [4.69, 9.17) is 31.6 Å². The summed E-state index contributed by atoms with van der Waals surface area (Å²) in [5.41, 5.74) is 1.44. The third kappa shape index (κ3) is 2.31. The summed E-state index contributed by atoms with van der Waals surface area (Å²) < 4.78 is 11.4. The fraction of sp³-hybridized carbons (Fsp3) is 0. The topological polar surface area (TPSA) is 43.2 Å². The zero-order valence-electron chi connectivity index (χ0n) is 11.0. The molecule has 2 aromatic carbocycles. The quantitative estimate of drug-likeness (QED) is 0.751. The first kappa shape index (κ1) is 13.8. The fourth-order valence-corrected chi connectivity index (χ4v) is 3.50. The van der Waals surface area contributed by atoms with E-state index in [-0.39, 0.29) is 0 Å². The van der Waals surface area contributed by atoms with Gasteiger partial charge in [-0.2, -0.15) is 9.98 Å². The van der Waals surface area contributed by atoms with Crippen molar-refractivity contribution >= 4 is 51.2 Å². The molecule has 2 aliphatic heterocycles.